The largest absolute Gasteiger partial charge is 0.497 e. The van der Waals surface area contributed by atoms with Crippen molar-refractivity contribution in [2.75, 3.05) is 14.2 Å². The van der Waals surface area contributed by atoms with E-state index in [9.17, 15) is 0 Å². The van der Waals surface area contributed by atoms with Crippen molar-refractivity contribution >= 4 is 23.2 Å². The van der Waals surface area contributed by atoms with Crippen LogP contribution in [-0.2, 0) is 6.42 Å². The monoisotopic (exact) mass is 325 g/mol. The highest BCUT2D eigenvalue weighted by Crippen LogP contribution is 2.29. The quantitative estimate of drug-likeness (QED) is 0.893. The van der Waals surface area contributed by atoms with Crippen molar-refractivity contribution in [2.24, 2.45) is 5.73 Å². The van der Waals surface area contributed by atoms with Gasteiger partial charge in [0.05, 0.1) is 14.2 Å². The molecule has 2 aromatic rings. The maximum atomic E-state index is 6.28. The van der Waals surface area contributed by atoms with Gasteiger partial charge in [0.15, 0.2) is 0 Å². The fourth-order valence-electron chi connectivity index (χ4n) is 2.09. The van der Waals surface area contributed by atoms with E-state index in [0.29, 0.717) is 28.0 Å². The van der Waals surface area contributed by atoms with Gasteiger partial charge in [-0.25, -0.2) is 0 Å². The van der Waals surface area contributed by atoms with E-state index in [-0.39, 0.29) is 6.04 Å². The lowest BCUT2D eigenvalue weighted by Crippen LogP contribution is -2.14. The minimum atomic E-state index is -0.215. The summed E-state index contributed by atoms with van der Waals surface area (Å²) in [6, 6.07) is 10.8. The van der Waals surface area contributed by atoms with Crippen molar-refractivity contribution < 1.29 is 9.47 Å². The van der Waals surface area contributed by atoms with Crippen molar-refractivity contribution in [1.82, 2.24) is 0 Å². The SMILES string of the molecule is COc1cc(OC)cc(C(N)Cc2ccc(Cl)cc2Cl)c1. The van der Waals surface area contributed by atoms with Crippen LogP contribution in [0.1, 0.15) is 17.2 Å². The lowest BCUT2D eigenvalue weighted by atomic mass is 9.99. The smallest absolute Gasteiger partial charge is 0.122 e. The average Bonchev–Trinajstić information content (AvgIpc) is 2.49. The van der Waals surface area contributed by atoms with E-state index in [2.05, 4.69) is 0 Å². The molecule has 0 spiro atoms. The summed E-state index contributed by atoms with van der Waals surface area (Å²) in [4.78, 5) is 0. The van der Waals surface area contributed by atoms with Gasteiger partial charge in [-0.1, -0.05) is 29.3 Å². The molecule has 5 heteroatoms. The number of benzene rings is 2. The Labute approximate surface area is 134 Å². The van der Waals surface area contributed by atoms with E-state index in [4.69, 9.17) is 38.4 Å². The highest BCUT2D eigenvalue weighted by molar-refractivity contribution is 6.35. The average molecular weight is 326 g/mol. The molecule has 0 aliphatic rings. The van der Waals surface area contributed by atoms with Gasteiger partial charge < -0.3 is 15.2 Å². The highest BCUT2D eigenvalue weighted by Gasteiger charge is 2.12. The predicted molar refractivity (Wildman–Crippen MR) is 86.6 cm³/mol. The summed E-state index contributed by atoms with van der Waals surface area (Å²) >= 11 is 12.1. The van der Waals surface area contributed by atoms with Crippen molar-refractivity contribution in [3.8, 4) is 11.5 Å². The molecule has 1 atom stereocenters. The fraction of sp³-hybridized carbons (Fsp3) is 0.250. The summed E-state index contributed by atoms with van der Waals surface area (Å²) in [5, 5.41) is 1.23. The lowest BCUT2D eigenvalue weighted by molar-refractivity contribution is 0.392. The van der Waals surface area contributed by atoms with Gasteiger partial charge in [0.2, 0.25) is 0 Å². The zero-order valence-electron chi connectivity index (χ0n) is 11.9. The molecule has 0 saturated carbocycles. The molecule has 112 valence electrons. The van der Waals surface area contributed by atoms with Crippen LogP contribution >= 0.6 is 23.2 Å². The Balaban J connectivity index is 2.25. The number of hydrogen-bond acceptors (Lipinski definition) is 3. The van der Waals surface area contributed by atoms with Gasteiger partial charge in [0.25, 0.3) is 0 Å². The summed E-state index contributed by atoms with van der Waals surface area (Å²) in [6.45, 7) is 0. The van der Waals surface area contributed by atoms with Gasteiger partial charge in [0, 0.05) is 22.2 Å². The molecule has 1 unspecified atom stereocenters. The van der Waals surface area contributed by atoms with Gasteiger partial charge in [-0.2, -0.15) is 0 Å². The summed E-state index contributed by atoms with van der Waals surface area (Å²) in [6.07, 6.45) is 0.603. The maximum absolute atomic E-state index is 6.28. The Morgan fingerprint density at radius 1 is 1.00 bits per heavy atom. The number of nitrogens with two attached hydrogens (primary N) is 1. The standard InChI is InChI=1S/C16H17Cl2NO2/c1-20-13-5-11(6-14(9-13)21-2)16(19)7-10-3-4-12(17)8-15(10)18/h3-6,8-9,16H,7,19H2,1-2H3. The molecule has 0 aromatic heterocycles. The van der Waals surface area contributed by atoms with Crippen molar-refractivity contribution in [3.05, 3.63) is 57.6 Å². The van der Waals surface area contributed by atoms with Crippen LogP contribution in [0.15, 0.2) is 36.4 Å². The summed E-state index contributed by atoms with van der Waals surface area (Å²) < 4.78 is 10.5. The van der Waals surface area contributed by atoms with Crippen LogP contribution in [0.5, 0.6) is 11.5 Å². The van der Waals surface area contributed by atoms with E-state index < -0.39 is 0 Å². The van der Waals surface area contributed by atoms with Crippen LogP contribution in [0.3, 0.4) is 0 Å². The maximum Gasteiger partial charge on any atom is 0.122 e. The number of halogens is 2. The first-order valence-electron chi connectivity index (χ1n) is 6.46. The number of rotatable bonds is 5. The van der Waals surface area contributed by atoms with E-state index in [0.717, 1.165) is 11.1 Å². The van der Waals surface area contributed by atoms with Gasteiger partial charge in [0.1, 0.15) is 11.5 Å². The first kappa shape index (κ1) is 16.0. The van der Waals surface area contributed by atoms with Crippen LogP contribution < -0.4 is 15.2 Å². The van der Waals surface area contributed by atoms with Crippen LogP contribution in [0.4, 0.5) is 0 Å². The summed E-state index contributed by atoms with van der Waals surface area (Å²) in [5.41, 5.74) is 8.16. The minimum Gasteiger partial charge on any atom is -0.497 e. The summed E-state index contributed by atoms with van der Waals surface area (Å²) in [5.74, 6) is 1.42. The predicted octanol–water partition coefficient (Wildman–Crippen LogP) is 4.25. The Kier molecular flexibility index (Phi) is 5.34. The topological polar surface area (TPSA) is 44.5 Å². The normalized spacial score (nSPS) is 12.0. The Hall–Kier alpha value is -1.42. The Morgan fingerprint density at radius 3 is 2.14 bits per heavy atom. The number of methoxy groups -OCH3 is 2. The second-order valence-electron chi connectivity index (χ2n) is 4.69. The highest BCUT2D eigenvalue weighted by atomic mass is 35.5. The first-order valence-corrected chi connectivity index (χ1v) is 7.21. The van der Waals surface area contributed by atoms with Gasteiger partial charge in [-0.3, -0.25) is 0 Å². The van der Waals surface area contributed by atoms with Crippen molar-refractivity contribution in [2.45, 2.75) is 12.5 Å². The molecule has 0 heterocycles. The van der Waals surface area contributed by atoms with Gasteiger partial charge in [-0.05, 0) is 41.8 Å². The third kappa shape index (κ3) is 4.03. The third-order valence-corrected chi connectivity index (χ3v) is 3.84. The second-order valence-corrected chi connectivity index (χ2v) is 5.54. The van der Waals surface area contributed by atoms with Crippen molar-refractivity contribution in [3.63, 3.8) is 0 Å². The van der Waals surface area contributed by atoms with Crippen LogP contribution in [-0.4, -0.2) is 14.2 Å². The second kappa shape index (κ2) is 7.03. The lowest BCUT2D eigenvalue weighted by Gasteiger charge is -2.16. The Bertz CT molecular complexity index is 609. The fourth-order valence-corrected chi connectivity index (χ4v) is 2.57. The molecule has 0 amide bonds. The summed E-state index contributed by atoms with van der Waals surface area (Å²) in [7, 11) is 3.22. The zero-order valence-corrected chi connectivity index (χ0v) is 13.4. The molecular weight excluding hydrogens is 309 g/mol. The molecule has 2 aromatic carbocycles. The molecule has 2 rings (SSSR count). The molecule has 0 bridgehead atoms. The molecule has 0 aliphatic carbocycles. The Morgan fingerprint density at radius 2 is 1.62 bits per heavy atom. The van der Waals surface area contributed by atoms with Crippen LogP contribution in [0.25, 0.3) is 0 Å². The number of ether oxygens (including phenoxy) is 2. The molecular formula is C16H17Cl2NO2. The molecule has 21 heavy (non-hydrogen) atoms. The van der Waals surface area contributed by atoms with E-state index in [1.165, 1.54) is 0 Å². The van der Waals surface area contributed by atoms with Crippen molar-refractivity contribution in [1.29, 1.82) is 0 Å². The molecule has 0 saturated heterocycles. The zero-order chi connectivity index (χ0) is 15.4. The van der Waals surface area contributed by atoms with E-state index >= 15 is 0 Å². The molecule has 2 N–H and O–H groups in total. The molecule has 0 radical (unpaired) electrons. The van der Waals surface area contributed by atoms with Crippen LogP contribution in [0, 0.1) is 0 Å². The molecule has 0 fully saturated rings. The third-order valence-electron chi connectivity index (χ3n) is 3.26. The first-order chi connectivity index (χ1) is 10.0. The van der Waals surface area contributed by atoms with E-state index in [1.54, 1.807) is 20.3 Å². The molecule has 0 aliphatic heterocycles. The van der Waals surface area contributed by atoms with Gasteiger partial charge in [-0.15, -0.1) is 0 Å². The van der Waals surface area contributed by atoms with Crippen LogP contribution in [0.2, 0.25) is 10.0 Å². The molecule has 3 nitrogen and oxygen atoms in total. The minimum absolute atomic E-state index is 0.215. The number of hydrogen-bond donors (Lipinski definition) is 1. The van der Waals surface area contributed by atoms with Gasteiger partial charge >= 0.3 is 0 Å². The van der Waals surface area contributed by atoms with E-state index in [1.807, 2.05) is 30.3 Å².